The lowest BCUT2D eigenvalue weighted by molar-refractivity contribution is -0.932. The van der Waals surface area contributed by atoms with Crippen molar-refractivity contribution in [3.05, 3.63) is 64.1 Å². The summed E-state index contributed by atoms with van der Waals surface area (Å²) in [5, 5.41) is 15.3. The van der Waals surface area contributed by atoms with Crippen LogP contribution in [0.3, 0.4) is 0 Å². The van der Waals surface area contributed by atoms with E-state index < -0.39 is 0 Å². The molecule has 0 radical (unpaired) electrons. The number of hydrogen-bond acceptors (Lipinski definition) is 4. The molecule has 1 aliphatic carbocycles. The van der Waals surface area contributed by atoms with Crippen molar-refractivity contribution in [1.29, 1.82) is 0 Å². The zero-order valence-corrected chi connectivity index (χ0v) is 17.7. The van der Waals surface area contributed by atoms with Crippen molar-refractivity contribution >= 4 is 11.3 Å². The Bertz CT molecular complexity index is 877. The molecular formula is C23H30N5S+. The number of quaternary nitrogens is 1. The van der Waals surface area contributed by atoms with Crippen LogP contribution in [-0.4, -0.2) is 33.3 Å². The minimum atomic E-state index is 0.267. The Hall–Kier alpha value is -2.05. The van der Waals surface area contributed by atoms with E-state index in [-0.39, 0.29) is 6.04 Å². The molecule has 1 saturated carbocycles. The molecule has 3 aromatic rings. The average molecular weight is 409 g/mol. The largest absolute Gasteiger partial charge is 0.322 e. The summed E-state index contributed by atoms with van der Waals surface area (Å²) in [6.07, 6.45) is 8.77. The van der Waals surface area contributed by atoms with E-state index in [1.165, 1.54) is 68.5 Å². The number of nitrogens with one attached hydrogen (secondary N) is 1. The number of rotatable bonds is 6. The molecule has 0 unspecified atom stereocenters. The first kappa shape index (κ1) is 18.9. The van der Waals surface area contributed by atoms with Crippen molar-refractivity contribution in [3.8, 4) is 0 Å². The van der Waals surface area contributed by atoms with Gasteiger partial charge in [0.25, 0.3) is 0 Å². The molecule has 0 spiro atoms. The lowest BCUT2D eigenvalue weighted by Gasteiger charge is -2.34. The normalized spacial score (nSPS) is 24.0. The summed E-state index contributed by atoms with van der Waals surface area (Å²) < 4.78 is 2.17. The van der Waals surface area contributed by atoms with Crippen molar-refractivity contribution in [3.63, 3.8) is 0 Å². The van der Waals surface area contributed by atoms with Gasteiger partial charge in [-0.3, -0.25) is 0 Å². The van der Waals surface area contributed by atoms with Crippen LogP contribution in [0.25, 0.3) is 0 Å². The lowest BCUT2D eigenvalue weighted by atomic mass is 9.89. The molecule has 2 fully saturated rings. The van der Waals surface area contributed by atoms with E-state index in [0.29, 0.717) is 6.04 Å². The molecule has 1 aliphatic heterocycles. The number of hydrogen-bond donors (Lipinski definition) is 1. The maximum atomic E-state index is 4.57. The van der Waals surface area contributed by atoms with Crippen LogP contribution in [0.1, 0.15) is 66.9 Å². The minimum absolute atomic E-state index is 0.267. The predicted octanol–water partition coefficient (Wildman–Crippen LogP) is 3.48. The van der Waals surface area contributed by atoms with Gasteiger partial charge in [0, 0.05) is 0 Å². The van der Waals surface area contributed by atoms with Crippen LogP contribution < -0.4 is 4.90 Å². The van der Waals surface area contributed by atoms with Gasteiger partial charge in [-0.2, -0.15) is 0 Å². The Labute approximate surface area is 176 Å². The predicted molar refractivity (Wildman–Crippen MR) is 115 cm³/mol. The molecular weight excluding hydrogens is 378 g/mol. The average Bonchev–Trinajstić information content (AvgIpc) is 3.53. The Balaban J connectivity index is 1.34. The SMILES string of the molecule is c1ccc(CC2CC[NH+]([C@H](c3cccs3)c3nnnn3C3CCCC3)CC2)cc1. The zero-order valence-electron chi connectivity index (χ0n) is 16.9. The number of piperidine rings is 1. The summed E-state index contributed by atoms with van der Waals surface area (Å²) in [5.74, 6) is 1.87. The smallest absolute Gasteiger partial charge is 0.215 e. The van der Waals surface area contributed by atoms with Gasteiger partial charge in [0.2, 0.25) is 5.82 Å². The van der Waals surface area contributed by atoms with Gasteiger partial charge in [-0.1, -0.05) is 49.2 Å². The van der Waals surface area contributed by atoms with Crippen molar-refractivity contribution in [2.24, 2.45) is 5.92 Å². The molecule has 6 heteroatoms. The number of likely N-dealkylation sites (tertiary alicyclic amines) is 1. The molecule has 1 N–H and O–H groups in total. The fraction of sp³-hybridized carbons (Fsp3) is 0.522. The van der Waals surface area contributed by atoms with Crippen LogP contribution in [0.5, 0.6) is 0 Å². The number of thiophene rings is 1. The molecule has 2 aliphatic rings. The van der Waals surface area contributed by atoms with Gasteiger partial charge in [-0.15, -0.1) is 16.4 Å². The van der Waals surface area contributed by atoms with E-state index in [1.807, 2.05) is 11.3 Å². The monoisotopic (exact) mass is 408 g/mol. The second-order valence-electron chi connectivity index (χ2n) is 8.66. The van der Waals surface area contributed by atoms with E-state index in [9.17, 15) is 0 Å². The fourth-order valence-corrected chi connectivity index (χ4v) is 6.13. The third kappa shape index (κ3) is 4.14. The highest BCUT2D eigenvalue weighted by molar-refractivity contribution is 7.10. The molecule has 0 bridgehead atoms. The third-order valence-corrected chi connectivity index (χ3v) is 7.73. The van der Waals surface area contributed by atoms with Crippen LogP contribution in [-0.2, 0) is 6.42 Å². The Kier molecular flexibility index (Phi) is 5.72. The molecule has 1 aromatic carbocycles. The van der Waals surface area contributed by atoms with Crippen molar-refractivity contribution in [2.75, 3.05) is 13.1 Å². The second-order valence-corrected chi connectivity index (χ2v) is 9.64. The number of aromatic nitrogens is 4. The molecule has 0 amide bonds. The molecule has 152 valence electrons. The molecule has 5 rings (SSSR count). The van der Waals surface area contributed by atoms with E-state index in [0.717, 1.165) is 11.7 Å². The maximum absolute atomic E-state index is 4.57. The van der Waals surface area contributed by atoms with Gasteiger partial charge in [-0.05, 0) is 65.5 Å². The third-order valence-electron chi connectivity index (χ3n) is 6.80. The first-order chi connectivity index (χ1) is 14.4. The van der Waals surface area contributed by atoms with Crippen LogP contribution in [0.2, 0.25) is 0 Å². The fourth-order valence-electron chi connectivity index (χ4n) is 5.25. The van der Waals surface area contributed by atoms with E-state index in [4.69, 9.17) is 0 Å². The van der Waals surface area contributed by atoms with E-state index >= 15 is 0 Å². The highest BCUT2D eigenvalue weighted by Crippen LogP contribution is 2.32. The quantitative estimate of drug-likeness (QED) is 0.679. The first-order valence-electron chi connectivity index (χ1n) is 11.1. The van der Waals surface area contributed by atoms with E-state index in [1.54, 1.807) is 4.90 Å². The van der Waals surface area contributed by atoms with Crippen molar-refractivity contribution in [1.82, 2.24) is 20.2 Å². The zero-order chi connectivity index (χ0) is 19.5. The van der Waals surface area contributed by atoms with Gasteiger partial charge in [0.15, 0.2) is 6.04 Å². The highest BCUT2D eigenvalue weighted by Gasteiger charge is 2.37. The highest BCUT2D eigenvalue weighted by atomic mass is 32.1. The Morgan fingerprint density at radius 2 is 1.79 bits per heavy atom. The number of benzene rings is 1. The standard InChI is InChI=1S/C23H29N5S/c1-2-7-18(8-3-1)17-19-12-14-27(15-13-19)22(21-11-6-16-29-21)23-24-25-26-28(23)20-9-4-5-10-20/h1-3,6-8,11,16,19-20,22H,4-5,9-10,12-15,17H2/p+1/t22-/m1/s1. The molecule has 29 heavy (non-hydrogen) atoms. The molecule has 5 nitrogen and oxygen atoms in total. The Morgan fingerprint density at radius 3 is 2.52 bits per heavy atom. The lowest BCUT2D eigenvalue weighted by Crippen LogP contribution is -3.13. The summed E-state index contributed by atoms with van der Waals surface area (Å²) >= 11 is 1.85. The van der Waals surface area contributed by atoms with Crippen LogP contribution >= 0.6 is 11.3 Å². The van der Waals surface area contributed by atoms with Gasteiger partial charge in [0.05, 0.1) is 24.0 Å². The van der Waals surface area contributed by atoms with E-state index in [2.05, 4.69) is 68.1 Å². The van der Waals surface area contributed by atoms with Gasteiger partial charge in [0.1, 0.15) is 0 Å². The summed E-state index contributed by atoms with van der Waals surface area (Å²) in [5.41, 5.74) is 1.47. The summed E-state index contributed by atoms with van der Waals surface area (Å²) in [4.78, 5) is 3.03. The molecule has 2 aromatic heterocycles. The van der Waals surface area contributed by atoms with Crippen LogP contribution in [0, 0.1) is 5.92 Å². The summed E-state index contributed by atoms with van der Waals surface area (Å²) in [6.45, 7) is 2.38. The summed E-state index contributed by atoms with van der Waals surface area (Å²) in [7, 11) is 0. The minimum Gasteiger partial charge on any atom is -0.322 e. The van der Waals surface area contributed by atoms with Crippen molar-refractivity contribution in [2.45, 2.75) is 57.0 Å². The van der Waals surface area contributed by atoms with Gasteiger partial charge in [-0.25, -0.2) is 4.68 Å². The molecule has 1 atom stereocenters. The molecule has 3 heterocycles. The van der Waals surface area contributed by atoms with Gasteiger partial charge >= 0.3 is 0 Å². The second kappa shape index (κ2) is 8.76. The topological polar surface area (TPSA) is 48.0 Å². The summed E-state index contributed by atoms with van der Waals surface area (Å²) in [6, 6.07) is 16.1. The molecule has 1 saturated heterocycles. The first-order valence-corrected chi connectivity index (χ1v) is 12.0. The number of tetrazole rings is 1. The Morgan fingerprint density at radius 1 is 1.00 bits per heavy atom. The number of nitrogens with zero attached hydrogens (tertiary/aromatic N) is 4. The maximum Gasteiger partial charge on any atom is 0.215 e. The van der Waals surface area contributed by atoms with Crippen molar-refractivity contribution < 1.29 is 4.90 Å². The van der Waals surface area contributed by atoms with Crippen LogP contribution in [0.15, 0.2) is 47.8 Å². The van der Waals surface area contributed by atoms with Crippen LogP contribution in [0.4, 0.5) is 0 Å². The van der Waals surface area contributed by atoms with Gasteiger partial charge < -0.3 is 4.90 Å².